The molecule has 0 unspecified atom stereocenters. The van der Waals surface area contributed by atoms with Crippen LogP contribution in [0.15, 0.2) is 39.9 Å². The normalized spacial score (nSPS) is 11.6. The van der Waals surface area contributed by atoms with Gasteiger partial charge >= 0.3 is 6.03 Å². The predicted octanol–water partition coefficient (Wildman–Crippen LogP) is 4.68. The van der Waals surface area contributed by atoms with E-state index >= 15 is 0 Å². The molecule has 2 amide bonds. The Kier molecular flexibility index (Phi) is 11.5. The molecule has 8 nitrogen and oxygen atoms in total. The number of ether oxygens (including phenoxy) is 2. The summed E-state index contributed by atoms with van der Waals surface area (Å²) in [5.74, 6) is 0.472. The molecule has 1 aromatic carbocycles. The third-order valence-corrected chi connectivity index (χ3v) is 4.84. The fourth-order valence-corrected chi connectivity index (χ4v) is 3.01. The zero-order valence-corrected chi connectivity index (χ0v) is 19.7. The van der Waals surface area contributed by atoms with Crippen molar-refractivity contribution in [2.24, 2.45) is 4.99 Å². The van der Waals surface area contributed by atoms with Crippen LogP contribution in [0.1, 0.15) is 50.8 Å². The summed E-state index contributed by atoms with van der Waals surface area (Å²) in [6.45, 7) is 11.9. The van der Waals surface area contributed by atoms with Gasteiger partial charge in [0.1, 0.15) is 12.0 Å². The Morgan fingerprint density at radius 1 is 1.16 bits per heavy atom. The lowest BCUT2D eigenvalue weighted by atomic mass is 10.2. The van der Waals surface area contributed by atoms with E-state index in [9.17, 15) is 4.79 Å². The second-order valence-electron chi connectivity index (χ2n) is 7.36. The first-order chi connectivity index (χ1) is 15.5. The van der Waals surface area contributed by atoms with Crippen LogP contribution in [-0.4, -0.2) is 61.1 Å². The molecule has 0 aliphatic carbocycles. The molecule has 0 aliphatic heterocycles. The number of anilines is 1. The van der Waals surface area contributed by atoms with Crippen molar-refractivity contribution in [1.82, 2.24) is 9.88 Å². The Labute approximate surface area is 191 Å². The second kappa shape index (κ2) is 14.4. The summed E-state index contributed by atoms with van der Waals surface area (Å²) < 4.78 is 16.4. The van der Waals surface area contributed by atoms with Crippen LogP contribution in [0, 0.1) is 6.92 Å². The molecule has 0 saturated carbocycles. The first kappa shape index (κ1) is 25.5. The summed E-state index contributed by atoms with van der Waals surface area (Å²) in [7, 11) is 0. The van der Waals surface area contributed by atoms with Gasteiger partial charge in [0.2, 0.25) is 5.89 Å². The first-order valence-corrected chi connectivity index (χ1v) is 11.3. The molecule has 2 rings (SSSR count). The number of carbonyl (C=O) groups is 1. The Bertz CT molecular complexity index is 850. The summed E-state index contributed by atoms with van der Waals surface area (Å²) >= 11 is 0. The van der Waals surface area contributed by atoms with Crippen molar-refractivity contribution in [3.05, 3.63) is 47.7 Å². The van der Waals surface area contributed by atoms with Gasteiger partial charge in [0, 0.05) is 45.2 Å². The monoisotopic (exact) mass is 444 g/mol. The number of carbonyl (C=O) groups excluding carboxylic acids is 1. The number of benzene rings is 1. The van der Waals surface area contributed by atoms with Crippen LogP contribution < -0.4 is 5.32 Å². The van der Waals surface area contributed by atoms with E-state index in [0.717, 1.165) is 29.8 Å². The zero-order valence-electron chi connectivity index (χ0n) is 19.7. The topological polar surface area (TPSA) is 89.2 Å². The third-order valence-electron chi connectivity index (χ3n) is 4.84. The molecule has 0 fully saturated rings. The minimum Gasteiger partial charge on any atom is -0.446 e. The highest BCUT2D eigenvalue weighted by Gasteiger charge is 2.18. The Morgan fingerprint density at radius 3 is 2.59 bits per heavy atom. The molecule has 1 aromatic heterocycles. The van der Waals surface area contributed by atoms with Gasteiger partial charge < -0.3 is 24.1 Å². The van der Waals surface area contributed by atoms with Crippen LogP contribution in [0.3, 0.4) is 0 Å². The third kappa shape index (κ3) is 8.80. The minimum atomic E-state index is -0.197. The predicted molar refractivity (Wildman–Crippen MR) is 126 cm³/mol. The van der Waals surface area contributed by atoms with Gasteiger partial charge in [-0.25, -0.2) is 9.78 Å². The van der Waals surface area contributed by atoms with E-state index in [-0.39, 0.29) is 12.6 Å². The lowest BCUT2D eigenvalue weighted by molar-refractivity contribution is 0.133. The van der Waals surface area contributed by atoms with E-state index in [0.29, 0.717) is 51.1 Å². The first-order valence-electron chi connectivity index (χ1n) is 11.3. The smallest absolute Gasteiger partial charge is 0.322 e. The molecule has 0 bridgehead atoms. The number of oxazole rings is 1. The fraction of sp³-hybridized carbons (Fsp3) is 0.542. The van der Waals surface area contributed by atoms with Crippen molar-refractivity contribution in [3.63, 3.8) is 0 Å². The summed E-state index contributed by atoms with van der Waals surface area (Å²) in [6, 6.07) is 7.50. The Hall–Kier alpha value is -2.71. The molecule has 1 N–H and O–H groups in total. The highest BCUT2D eigenvalue weighted by molar-refractivity contribution is 5.96. The average molecular weight is 445 g/mol. The number of amides is 2. The molecule has 0 saturated heterocycles. The number of urea groups is 1. The van der Waals surface area contributed by atoms with Crippen LogP contribution in [0.4, 0.5) is 10.5 Å². The van der Waals surface area contributed by atoms with Gasteiger partial charge in [-0.05, 0) is 52.2 Å². The van der Waals surface area contributed by atoms with Crippen molar-refractivity contribution in [1.29, 1.82) is 0 Å². The van der Waals surface area contributed by atoms with Gasteiger partial charge in [-0.1, -0.05) is 18.2 Å². The van der Waals surface area contributed by atoms with E-state index in [4.69, 9.17) is 13.9 Å². The van der Waals surface area contributed by atoms with Gasteiger partial charge in [0.25, 0.3) is 0 Å². The van der Waals surface area contributed by atoms with Crippen molar-refractivity contribution < 1.29 is 18.7 Å². The largest absolute Gasteiger partial charge is 0.446 e. The van der Waals surface area contributed by atoms with Gasteiger partial charge in [0.15, 0.2) is 0 Å². The molecule has 2 aromatic rings. The number of aromatic nitrogens is 1. The summed E-state index contributed by atoms with van der Waals surface area (Å²) in [5, 5.41) is 2.99. The van der Waals surface area contributed by atoms with Gasteiger partial charge in [-0.2, -0.15) is 0 Å². The van der Waals surface area contributed by atoms with E-state index < -0.39 is 0 Å². The molecule has 176 valence electrons. The molecule has 8 heteroatoms. The number of aryl methyl sites for hydroxylation is 1. The second-order valence-corrected chi connectivity index (χ2v) is 7.36. The van der Waals surface area contributed by atoms with Gasteiger partial charge in [-0.15, -0.1) is 0 Å². The van der Waals surface area contributed by atoms with Crippen LogP contribution >= 0.6 is 0 Å². The molecule has 32 heavy (non-hydrogen) atoms. The highest BCUT2D eigenvalue weighted by atomic mass is 16.5. The van der Waals surface area contributed by atoms with Crippen molar-refractivity contribution in [2.75, 3.05) is 44.8 Å². The van der Waals surface area contributed by atoms with Crippen LogP contribution in [0.2, 0.25) is 0 Å². The van der Waals surface area contributed by atoms with Crippen molar-refractivity contribution in [2.45, 2.75) is 47.1 Å². The fourth-order valence-electron chi connectivity index (χ4n) is 3.01. The van der Waals surface area contributed by atoms with Crippen LogP contribution in [0.5, 0.6) is 0 Å². The molecular formula is C24H36N4O4. The number of nitrogens with zero attached hydrogens (tertiary/aromatic N) is 3. The summed E-state index contributed by atoms with van der Waals surface area (Å²) in [5.41, 5.74) is 3.29. The van der Waals surface area contributed by atoms with Gasteiger partial charge in [-0.3, -0.25) is 4.99 Å². The summed E-state index contributed by atoms with van der Waals surface area (Å²) in [4.78, 5) is 23.7. The Balaban J connectivity index is 2.01. The zero-order chi connectivity index (χ0) is 23.2. The van der Waals surface area contributed by atoms with E-state index in [1.54, 1.807) is 11.2 Å². The molecule has 0 radical (unpaired) electrons. The lowest BCUT2D eigenvalue weighted by Gasteiger charge is -2.22. The van der Waals surface area contributed by atoms with E-state index in [2.05, 4.69) is 15.3 Å². The van der Waals surface area contributed by atoms with Crippen molar-refractivity contribution >= 4 is 17.4 Å². The van der Waals surface area contributed by atoms with Crippen LogP contribution in [0.25, 0.3) is 0 Å². The van der Waals surface area contributed by atoms with E-state index in [1.807, 2.05) is 52.0 Å². The average Bonchev–Trinajstić information content (AvgIpc) is 3.26. The molecule has 1 heterocycles. The Morgan fingerprint density at radius 2 is 1.88 bits per heavy atom. The number of nitrogens with one attached hydrogen (secondary N) is 1. The van der Waals surface area contributed by atoms with Crippen LogP contribution in [-0.2, 0) is 16.0 Å². The maximum Gasteiger partial charge on any atom is 0.322 e. The lowest BCUT2D eigenvalue weighted by Crippen LogP contribution is -2.36. The maximum absolute atomic E-state index is 13.0. The van der Waals surface area contributed by atoms with E-state index in [1.165, 1.54) is 0 Å². The molecule has 0 spiro atoms. The molecular weight excluding hydrogens is 408 g/mol. The number of hydrogen-bond donors (Lipinski definition) is 1. The van der Waals surface area contributed by atoms with Gasteiger partial charge in [0.05, 0.1) is 12.3 Å². The number of hydrogen-bond acceptors (Lipinski definition) is 6. The quantitative estimate of drug-likeness (QED) is 0.338. The summed E-state index contributed by atoms with van der Waals surface area (Å²) in [6.07, 6.45) is 3.18. The molecule has 0 aliphatic rings. The number of para-hydroxylation sites is 1. The standard InChI is InChI=1S/C24H36N4O4/c1-5-30-15-9-13-25-20(4)22-18-32-23(26-22)17-28(14-10-16-31-6-2)24(29)27-21-12-8-7-11-19(21)3/h7-8,11-12,18H,5-6,9-10,13-17H2,1-4H3,(H,27,29). The molecule has 0 atom stereocenters. The SMILES string of the molecule is CCOCCCN=C(C)c1coc(CN(CCCOCC)C(=O)Nc2ccccc2C)n1. The minimum absolute atomic E-state index is 0.197. The highest BCUT2D eigenvalue weighted by Crippen LogP contribution is 2.15. The van der Waals surface area contributed by atoms with Crippen molar-refractivity contribution in [3.8, 4) is 0 Å². The maximum atomic E-state index is 13.0. The number of aliphatic imine (C=N–C) groups is 1. The number of rotatable bonds is 14.